The van der Waals surface area contributed by atoms with Crippen LogP contribution in [-0.4, -0.2) is 37.7 Å². The van der Waals surface area contributed by atoms with Crippen LogP contribution in [0, 0.1) is 0 Å². The Morgan fingerprint density at radius 1 is 1.32 bits per heavy atom. The third kappa shape index (κ3) is 5.96. The summed E-state index contributed by atoms with van der Waals surface area (Å²) in [5.41, 5.74) is 2.56. The van der Waals surface area contributed by atoms with E-state index in [9.17, 15) is 4.79 Å². The van der Waals surface area contributed by atoms with Gasteiger partial charge in [0.2, 0.25) is 0 Å². The number of hydrogen-bond acceptors (Lipinski definition) is 5. The van der Waals surface area contributed by atoms with E-state index < -0.39 is 0 Å². The first-order valence-corrected chi connectivity index (χ1v) is 7.24. The zero-order valence-corrected chi connectivity index (χ0v) is 11.9. The lowest BCUT2D eigenvalue weighted by Crippen LogP contribution is -2.30. The first kappa shape index (κ1) is 15.8. The van der Waals surface area contributed by atoms with Gasteiger partial charge in [-0.2, -0.15) is 11.8 Å². The molecule has 19 heavy (non-hydrogen) atoms. The molecule has 0 unspecified atom stereocenters. The van der Waals surface area contributed by atoms with Gasteiger partial charge in [-0.3, -0.25) is 10.2 Å². The van der Waals surface area contributed by atoms with Gasteiger partial charge >= 0.3 is 0 Å². The number of amides is 1. The van der Waals surface area contributed by atoms with E-state index in [1.807, 2.05) is 6.07 Å². The van der Waals surface area contributed by atoms with Crippen molar-refractivity contribution in [3.63, 3.8) is 0 Å². The van der Waals surface area contributed by atoms with Crippen molar-refractivity contribution >= 4 is 17.7 Å². The number of para-hydroxylation sites is 1. The highest BCUT2D eigenvalue weighted by atomic mass is 32.2. The van der Waals surface area contributed by atoms with Crippen molar-refractivity contribution in [2.24, 2.45) is 5.84 Å². The van der Waals surface area contributed by atoms with Gasteiger partial charge < -0.3 is 9.47 Å². The molecule has 0 saturated carbocycles. The Bertz CT molecular complexity index is 388. The average molecular weight is 284 g/mol. The first-order valence-electron chi connectivity index (χ1n) is 6.09. The van der Waals surface area contributed by atoms with Gasteiger partial charge in [0.15, 0.2) is 0 Å². The summed E-state index contributed by atoms with van der Waals surface area (Å²) in [5.74, 6) is 7.26. The molecule has 3 N–H and O–H groups in total. The van der Waals surface area contributed by atoms with Crippen molar-refractivity contribution in [2.75, 3.05) is 31.8 Å². The highest BCUT2D eigenvalue weighted by Crippen LogP contribution is 2.18. The first-order chi connectivity index (χ1) is 9.29. The normalized spacial score (nSPS) is 10.2. The number of nitrogens with two attached hydrogens (primary N) is 1. The van der Waals surface area contributed by atoms with Crippen molar-refractivity contribution in [1.82, 2.24) is 5.43 Å². The molecule has 0 aliphatic carbocycles. The van der Waals surface area contributed by atoms with Crippen LogP contribution in [0.15, 0.2) is 24.3 Å². The number of methoxy groups -OCH3 is 1. The predicted octanol–water partition coefficient (Wildman–Crippen LogP) is 1.44. The van der Waals surface area contributed by atoms with Crippen LogP contribution in [0.4, 0.5) is 0 Å². The van der Waals surface area contributed by atoms with E-state index >= 15 is 0 Å². The molecule has 6 heteroatoms. The molecule has 0 heterocycles. The molecule has 0 saturated heterocycles. The van der Waals surface area contributed by atoms with Crippen LogP contribution in [0.1, 0.15) is 16.8 Å². The summed E-state index contributed by atoms with van der Waals surface area (Å²) in [6, 6.07) is 7.05. The third-order valence-electron chi connectivity index (χ3n) is 2.39. The van der Waals surface area contributed by atoms with Crippen LogP contribution < -0.4 is 16.0 Å². The van der Waals surface area contributed by atoms with Crippen molar-refractivity contribution in [2.45, 2.75) is 6.42 Å². The standard InChI is InChI=1S/C13H20N2O3S/c1-17-7-4-9-19-10-8-18-12-6-3-2-5-11(12)13(16)15-14/h2-3,5-6H,4,7-10,14H2,1H3,(H,15,16). The van der Waals surface area contributed by atoms with Crippen molar-refractivity contribution in [3.05, 3.63) is 29.8 Å². The minimum atomic E-state index is -0.344. The van der Waals surface area contributed by atoms with E-state index in [1.165, 1.54) is 0 Å². The lowest BCUT2D eigenvalue weighted by Gasteiger charge is -2.10. The summed E-state index contributed by atoms with van der Waals surface area (Å²) in [5, 5.41) is 0. The summed E-state index contributed by atoms with van der Waals surface area (Å²) in [6.45, 7) is 1.35. The molecule has 0 spiro atoms. The van der Waals surface area contributed by atoms with Crippen LogP contribution >= 0.6 is 11.8 Å². The summed E-state index contributed by atoms with van der Waals surface area (Å²) < 4.78 is 10.6. The Labute approximate surface area is 117 Å². The SMILES string of the molecule is COCCCSCCOc1ccccc1C(=O)NN. The lowest BCUT2D eigenvalue weighted by atomic mass is 10.2. The molecule has 0 aliphatic rings. The van der Waals surface area contributed by atoms with E-state index in [-0.39, 0.29) is 5.91 Å². The van der Waals surface area contributed by atoms with E-state index in [0.29, 0.717) is 17.9 Å². The minimum Gasteiger partial charge on any atom is -0.492 e. The lowest BCUT2D eigenvalue weighted by molar-refractivity contribution is 0.0950. The van der Waals surface area contributed by atoms with Crippen LogP contribution in [0.25, 0.3) is 0 Å². The molecule has 1 aromatic carbocycles. The maximum Gasteiger partial charge on any atom is 0.268 e. The Balaban J connectivity index is 2.31. The van der Waals surface area contributed by atoms with Crippen LogP contribution in [0.3, 0.4) is 0 Å². The molecule has 106 valence electrons. The van der Waals surface area contributed by atoms with Crippen molar-refractivity contribution in [1.29, 1.82) is 0 Å². The van der Waals surface area contributed by atoms with E-state index in [1.54, 1.807) is 37.1 Å². The summed E-state index contributed by atoms with van der Waals surface area (Å²) >= 11 is 1.80. The highest BCUT2D eigenvalue weighted by Gasteiger charge is 2.09. The van der Waals surface area contributed by atoms with E-state index in [0.717, 1.165) is 24.5 Å². The summed E-state index contributed by atoms with van der Waals surface area (Å²) in [6.07, 6.45) is 1.04. The second-order valence-corrected chi connectivity index (χ2v) is 5.00. The van der Waals surface area contributed by atoms with Crippen LogP contribution in [0.2, 0.25) is 0 Å². The minimum absolute atomic E-state index is 0.344. The number of carbonyl (C=O) groups excluding carboxylic acids is 1. The van der Waals surface area contributed by atoms with Gasteiger partial charge in [0.1, 0.15) is 5.75 Å². The topological polar surface area (TPSA) is 73.6 Å². The number of hydrazine groups is 1. The quantitative estimate of drug-likeness (QED) is 0.311. The molecule has 5 nitrogen and oxygen atoms in total. The largest absolute Gasteiger partial charge is 0.492 e. The smallest absolute Gasteiger partial charge is 0.268 e. The van der Waals surface area contributed by atoms with Gasteiger partial charge in [-0.05, 0) is 24.3 Å². The van der Waals surface area contributed by atoms with Gasteiger partial charge in [-0.15, -0.1) is 0 Å². The van der Waals surface area contributed by atoms with Gasteiger partial charge in [-0.1, -0.05) is 12.1 Å². The zero-order valence-electron chi connectivity index (χ0n) is 11.1. The zero-order chi connectivity index (χ0) is 13.9. The van der Waals surface area contributed by atoms with E-state index in [4.69, 9.17) is 15.3 Å². The maximum atomic E-state index is 11.5. The fourth-order valence-corrected chi connectivity index (χ4v) is 2.20. The number of benzene rings is 1. The molecule has 1 rings (SSSR count). The van der Waals surface area contributed by atoms with Crippen LogP contribution in [-0.2, 0) is 4.74 Å². The monoisotopic (exact) mass is 284 g/mol. The molecule has 1 aromatic rings. The molecule has 1 amide bonds. The van der Waals surface area contributed by atoms with Gasteiger partial charge in [0, 0.05) is 19.5 Å². The van der Waals surface area contributed by atoms with Gasteiger partial charge in [0.25, 0.3) is 5.91 Å². The number of thioether (sulfide) groups is 1. The number of rotatable bonds is 9. The van der Waals surface area contributed by atoms with Gasteiger partial charge in [-0.25, -0.2) is 5.84 Å². The molecule has 0 fully saturated rings. The number of hydrogen-bond donors (Lipinski definition) is 2. The Morgan fingerprint density at radius 3 is 2.84 bits per heavy atom. The summed E-state index contributed by atoms with van der Waals surface area (Å²) in [7, 11) is 1.70. The Morgan fingerprint density at radius 2 is 2.11 bits per heavy atom. The predicted molar refractivity (Wildman–Crippen MR) is 77.4 cm³/mol. The maximum absolute atomic E-state index is 11.5. The van der Waals surface area contributed by atoms with Gasteiger partial charge in [0.05, 0.1) is 12.2 Å². The number of nitrogen functional groups attached to an aromatic ring is 1. The Hall–Kier alpha value is -1.24. The second kappa shape index (κ2) is 9.66. The molecular formula is C13H20N2O3S. The van der Waals surface area contributed by atoms with Crippen molar-refractivity contribution < 1.29 is 14.3 Å². The molecule has 0 aliphatic heterocycles. The number of nitrogens with one attached hydrogen (secondary N) is 1. The molecule has 0 radical (unpaired) electrons. The molecule has 0 bridgehead atoms. The third-order valence-corrected chi connectivity index (χ3v) is 3.42. The van der Waals surface area contributed by atoms with E-state index in [2.05, 4.69) is 5.43 Å². The molecule has 0 atom stereocenters. The number of ether oxygens (including phenoxy) is 2. The fraction of sp³-hybridized carbons (Fsp3) is 0.462. The molecule has 0 aromatic heterocycles. The average Bonchev–Trinajstić information content (AvgIpc) is 2.46. The van der Waals surface area contributed by atoms with Crippen LogP contribution in [0.5, 0.6) is 5.75 Å². The summed E-state index contributed by atoms with van der Waals surface area (Å²) in [4.78, 5) is 11.5. The fourth-order valence-electron chi connectivity index (χ4n) is 1.48. The Kier molecular flexibility index (Phi) is 8.04. The molecular weight excluding hydrogens is 264 g/mol. The van der Waals surface area contributed by atoms with Crippen molar-refractivity contribution in [3.8, 4) is 5.75 Å². The number of carbonyl (C=O) groups is 1. The second-order valence-electron chi connectivity index (χ2n) is 3.78. The highest BCUT2D eigenvalue weighted by molar-refractivity contribution is 7.99.